The lowest BCUT2D eigenvalue weighted by Crippen LogP contribution is -2.28. The fraction of sp³-hybridized carbons (Fsp3) is 0.583. The predicted octanol–water partition coefficient (Wildman–Crippen LogP) is 1.74. The van der Waals surface area contributed by atoms with Gasteiger partial charge in [-0.15, -0.1) is 0 Å². The minimum absolute atomic E-state index is 0.715. The van der Waals surface area contributed by atoms with E-state index in [4.69, 9.17) is 5.84 Å². The Kier molecular flexibility index (Phi) is 3.74. The van der Waals surface area contributed by atoms with Crippen LogP contribution >= 0.6 is 0 Å². The van der Waals surface area contributed by atoms with Crippen LogP contribution in [0.15, 0.2) is 18.3 Å². The van der Waals surface area contributed by atoms with Crippen molar-refractivity contribution in [2.75, 3.05) is 12.5 Å². The number of nitrogens with two attached hydrogens (primary N) is 1. The quantitative estimate of drug-likeness (QED) is 0.599. The molecule has 1 heterocycles. The maximum absolute atomic E-state index is 5.28. The van der Waals surface area contributed by atoms with Gasteiger partial charge in [0.15, 0.2) is 0 Å². The van der Waals surface area contributed by atoms with E-state index in [0.29, 0.717) is 5.82 Å². The van der Waals surface area contributed by atoms with Crippen molar-refractivity contribution in [2.45, 2.75) is 38.3 Å². The van der Waals surface area contributed by atoms with Crippen LogP contribution in [0, 0.1) is 0 Å². The molecule has 0 atom stereocenters. The summed E-state index contributed by atoms with van der Waals surface area (Å²) in [4.78, 5) is 6.64. The van der Waals surface area contributed by atoms with Crippen LogP contribution in [-0.4, -0.2) is 23.0 Å². The molecule has 0 spiro atoms. The number of hydrogen-bond donors (Lipinski definition) is 2. The highest BCUT2D eigenvalue weighted by Crippen LogP contribution is 2.23. The van der Waals surface area contributed by atoms with Crippen molar-refractivity contribution < 1.29 is 0 Å². The Bertz CT molecular complexity index is 316. The van der Waals surface area contributed by atoms with Gasteiger partial charge in [0.25, 0.3) is 0 Å². The summed E-state index contributed by atoms with van der Waals surface area (Å²) in [5.74, 6) is 5.99. The van der Waals surface area contributed by atoms with E-state index in [0.717, 1.165) is 12.6 Å². The van der Waals surface area contributed by atoms with Crippen LogP contribution in [0.3, 0.4) is 0 Å². The van der Waals surface area contributed by atoms with Crippen LogP contribution in [0.4, 0.5) is 5.82 Å². The average Bonchev–Trinajstić information content (AvgIpc) is 2.83. The van der Waals surface area contributed by atoms with Crippen LogP contribution in [0.1, 0.15) is 31.2 Å². The molecule has 0 radical (unpaired) electrons. The molecule has 0 unspecified atom stereocenters. The van der Waals surface area contributed by atoms with Gasteiger partial charge in [-0.25, -0.2) is 10.8 Å². The standard InChI is InChI=1S/C12H20N4/c1-16(11-4-2-3-5-11)9-10-6-7-12(15-13)14-8-10/h6-8,11H,2-5,9,13H2,1H3,(H,14,15). The highest BCUT2D eigenvalue weighted by molar-refractivity contribution is 5.33. The number of aromatic nitrogens is 1. The van der Waals surface area contributed by atoms with E-state index in [9.17, 15) is 0 Å². The Balaban J connectivity index is 1.92. The van der Waals surface area contributed by atoms with Gasteiger partial charge in [-0.05, 0) is 31.5 Å². The van der Waals surface area contributed by atoms with E-state index in [2.05, 4.69) is 28.4 Å². The molecule has 0 aromatic carbocycles. The molecule has 0 amide bonds. The van der Waals surface area contributed by atoms with E-state index in [-0.39, 0.29) is 0 Å². The SMILES string of the molecule is CN(Cc1ccc(NN)nc1)C1CCCC1. The van der Waals surface area contributed by atoms with Gasteiger partial charge in [-0.2, -0.15) is 0 Å². The molecule has 1 aliphatic carbocycles. The number of pyridine rings is 1. The molecule has 1 aromatic heterocycles. The van der Waals surface area contributed by atoms with Crippen molar-refractivity contribution in [3.63, 3.8) is 0 Å². The number of nitrogens with one attached hydrogen (secondary N) is 1. The molecular formula is C12H20N4. The zero-order valence-corrected chi connectivity index (χ0v) is 9.82. The van der Waals surface area contributed by atoms with Crippen molar-refractivity contribution in [1.29, 1.82) is 0 Å². The fourth-order valence-electron chi connectivity index (χ4n) is 2.37. The summed E-state index contributed by atoms with van der Waals surface area (Å²) in [7, 11) is 2.20. The Morgan fingerprint density at radius 1 is 1.44 bits per heavy atom. The molecule has 0 saturated heterocycles. The first-order valence-electron chi connectivity index (χ1n) is 5.91. The second-order valence-electron chi connectivity index (χ2n) is 4.55. The van der Waals surface area contributed by atoms with Crippen molar-refractivity contribution in [3.05, 3.63) is 23.9 Å². The molecule has 1 aliphatic rings. The van der Waals surface area contributed by atoms with E-state index in [1.165, 1.54) is 31.2 Å². The normalized spacial score (nSPS) is 16.9. The topological polar surface area (TPSA) is 54.2 Å². The second kappa shape index (κ2) is 5.27. The third-order valence-electron chi connectivity index (χ3n) is 3.35. The number of hydrazine groups is 1. The summed E-state index contributed by atoms with van der Waals surface area (Å²) in [5.41, 5.74) is 3.78. The predicted molar refractivity (Wildman–Crippen MR) is 65.8 cm³/mol. The van der Waals surface area contributed by atoms with Gasteiger partial charge in [0.1, 0.15) is 5.82 Å². The molecule has 0 aliphatic heterocycles. The first kappa shape index (κ1) is 11.4. The third kappa shape index (κ3) is 2.71. The summed E-state index contributed by atoms with van der Waals surface area (Å²) in [5, 5.41) is 0. The van der Waals surface area contributed by atoms with Gasteiger partial charge in [0.05, 0.1) is 0 Å². The lowest BCUT2D eigenvalue weighted by molar-refractivity contribution is 0.237. The number of nitrogens with zero attached hydrogens (tertiary/aromatic N) is 2. The minimum atomic E-state index is 0.715. The Morgan fingerprint density at radius 2 is 2.19 bits per heavy atom. The van der Waals surface area contributed by atoms with Crippen molar-refractivity contribution in [3.8, 4) is 0 Å². The lowest BCUT2D eigenvalue weighted by atomic mass is 10.2. The van der Waals surface area contributed by atoms with E-state index >= 15 is 0 Å². The third-order valence-corrected chi connectivity index (χ3v) is 3.35. The highest BCUT2D eigenvalue weighted by Gasteiger charge is 2.19. The summed E-state index contributed by atoms with van der Waals surface area (Å²) < 4.78 is 0. The minimum Gasteiger partial charge on any atom is -0.308 e. The van der Waals surface area contributed by atoms with E-state index in [1.54, 1.807) is 0 Å². The largest absolute Gasteiger partial charge is 0.308 e. The van der Waals surface area contributed by atoms with Gasteiger partial charge < -0.3 is 5.43 Å². The van der Waals surface area contributed by atoms with Crippen molar-refractivity contribution in [2.24, 2.45) is 5.84 Å². The van der Waals surface area contributed by atoms with Crippen LogP contribution in [-0.2, 0) is 6.54 Å². The molecular weight excluding hydrogens is 200 g/mol. The smallest absolute Gasteiger partial charge is 0.139 e. The number of hydrogen-bond acceptors (Lipinski definition) is 4. The highest BCUT2D eigenvalue weighted by atomic mass is 15.2. The second-order valence-corrected chi connectivity index (χ2v) is 4.55. The fourth-order valence-corrected chi connectivity index (χ4v) is 2.37. The van der Waals surface area contributed by atoms with Crippen LogP contribution in [0.5, 0.6) is 0 Å². The molecule has 2 rings (SSSR count). The molecule has 16 heavy (non-hydrogen) atoms. The lowest BCUT2D eigenvalue weighted by Gasteiger charge is -2.23. The average molecular weight is 220 g/mol. The zero-order chi connectivity index (χ0) is 11.4. The molecule has 1 aromatic rings. The molecule has 4 heteroatoms. The van der Waals surface area contributed by atoms with Crippen molar-refractivity contribution >= 4 is 5.82 Å². The molecule has 1 fully saturated rings. The summed E-state index contributed by atoms with van der Waals surface area (Å²) in [6.45, 7) is 0.975. The van der Waals surface area contributed by atoms with Gasteiger partial charge in [-0.1, -0.05) is 18.9 Å². The van der Waals surface area contributed by atoms with Crippen LogP contribution in [0.25, 0.3) is 0 Å². The molecule has 0 bridgehead atoms. The van der Waals surface area contributed by atoms with E-state index < -0.39 is 0 Å². The molecule has 1 saturated carbocycles. The number of rotatable bonds is 4. The van der Waals surface area contributed by atoms with Crippen molar-refractivity contribution in [1.82, 2.24) is 9.88 Å². The van der Waals surface area contributed by atoms with Gasteiger partial charge >= 0.3 is 0 Å². The maximum atomic E-state index is 5.28. The number of nitrogen functional groups attached to an aromatic ring is 1. The van der Waals surface area contributed by atoms with Crippen LogP contribution < -0.4 is 11.3 Å². The number of anilines is 1. The summed E-state index contributed by atoms with van der Waals surface area (Å²) in [6.07, 6.45) is 7.33. The van der Waals surface area contributed by atoms with Gasteiger partial charge in [0, 0.05) is 18.8 Å². The maximum Gasteiger partial charge on any atom is 0.139 e. The van der Waals surface area contributed by atoms with Gasteiger partial charge in [0.2, 0.25) is 0 Å². The Morgan fingerprint density at radius 3 is 2.75 bits per heavy atom. The zero-order valence-electron chi connectivity index (χ0n) is 9.82. The Hall–Kier alpha value is -1.13. The first-order valence-corrected chi connectivity index (χ1v) is 5.91. The van der Waals surface area contributed by atoms with Gasteiger partial charge in [-0.3, -0.25) is 4.90 Å². The summed E-state index contributed by atoms with van der Waals surface area (Å²) in [6, 6.07) is 4.75. The first-order chi connectivity index (χ1) is 7.79. The molecule has 3 N–H and O–H groups in total. The monoisotopic (exact) mass is 220 g/mol. The molecule has 4 nitrogen and oxygen atoms in total. The van der Waals surface area contributed by atoms with Crippen LogP contribution in [0.2, 0.25) is 0 Å². The molecule has 88 valence electrons. The van der Waals surface area contributed by atoms with E-state index in [1.807, 2.05) is 12.3 Å². The Labute approximate surface area is 96.8 Å². The summed E-state index contributed by atoms with van der Waals surface area (Å²) >= 11 is 0.